The molecule has 0 fully saturated rings. The second kappa shape index (κ2) is 9.35. The monoisotopic (exact) mass is 427 g/mol. The fourth-order valence-electron chi connectivity index (χ4n) is 3.03. The fraction of sp³-hybridized carbons (Fsp3) is 0.480. The van der Waals surface area contributed by atoms with E-state index in [0.717, 1.165) is 22.4 Å². The van der Waals surface area contributed by atoms with Crippen molar-refractivity contribution in [2.45, 2.75) is 71.3 Å². The molecule has 2 aromatic rings. The van der Waals surface area contributed by atoms with Gasteiger partial charge in [-0.2, -0.15) is 0 Å². The molecule has 1 N–H and O–H groups in total. The number of aryl methyl sites for hydroxylation is 1. The highest BCUT2D eigenvalue weighted by Crippen LogP contribution is 2.38. The van der Waals surface area contributed by atoms with Crippen LogP contribution in [0.25, 0.3) is 0 Å². The largest absolute Gasteiger partial charge is 0.543 e. The Kier molecular flexibility index (Phi) is 7.53. The van der Waals surface area contributed by atoms with Crippen LogP contribution in [0.1, 0.15) is 50.5 Å². The molecule has 0 spiro atoms. The van der Waals surface area contributed by atoms with Crippen molar-refractivity contribution in [2.75, 3.05) is 7.05 Å². The number of aliphatic hydroxyl groups excluding tert-OH is 1. The van der Waals surface area contributed by atoms with Gasteiger partial charge in [-0.1, -0.05) is 68.8 Å². The molecule has 5 heteroatoms. The van der Waals surface area contributed by atoms with Gasteiger partial charge in [0, 0.05) is 12.6 Å². The molecule has 2 atom stereocenters. The number of rotatable bonds is 7. The summed E-state index contributed by atoms with van der Waals surface area (Å²) in [5.41, 5.74) is 2.81. The van der Waals surface area contributed by atoms with Crippen LogP contribution in [0.3, 0.4) is 0 Å². The molecule has 30 heavy (non-hydrogen) atoms. The van der Waals surface area contributed by atoms with Gasteiger partial charge in [0.15, 0.2) is 0 Å². The van der Waals surface area contributed by atoms with E-state index in [1.54, 1.807) is 11.9 Å². The second-order valence-corrected chi connectivity index (χ2v) is 14.5. The molecule has 2 aromatic carbocycles. The summed E-state index contributed by atoms with van der Waals surface area (Å²) in [5, 5.41) is 10.8. The lowest BCUT2D eigenvalue weighted by atomic mass is 10.0. The molecule has 0 aliphatic rings. The summed E-state index contributed by atoms with van der Waals surface area (Å²) in [6, 6.07) is 15.2. The van der Waals surface area contributed by atoms with Crippen LogP contribution in [0.4, 0.5) is 0 Å². The van der Waals surface area contributed by atoms with Crippen molar-refractivity contribution in [3.63, 3.8) is 0 Å². The van der Waals surface area contributed by atoms with Gasteiger partial charge in [-0.05, 0) is 43.6 Å². The molecule has 0 heterocycles. The van der Waals surface area contributed by atoms with Gasteiger partial charge in [-0.25, -0.2) is 0 Å². The Balaban J connectivity index is 2.20. The maximum absolute atomic E-state index is 13.1. The molecule has 0 aromatic heterocycles. The summed E-state index contributed by atoms with van der Waals surface area (Å²) in [6.07, 6.45) is -0.492. The summed E-state index contributed by atoms with van der Waals surface area (Å²) in [6.45, 7) is 14.9. The third kappa shape index (κ3) is 5.73. The van der Waals surface area contributed by atoms with Crippen LogP contribution in [0, 0.1) is 6.92 Å². The average Bonchev–Trinajstić information content (AvgIpc) is 2.68. The number of amides is 1. The summed E-state index contributed by atoms with van der Waals surface area (Å²) in [5.74, 6) is 0.758. The lowest BCUT2D eigenvalue weighted by Crippen LogP contribution is -2.44. The molecule has 0 aliphatic heterocycles. The topological polar surface area (TPSA) is 49.8 Å². The van der Waals surface area contributed by atoms with E-state index in [9.17, 15) is 9.90 Å². The van der Waals surface area contributed by atoms with E-state index in [1.165, 1.54) is 0 Å². The number of nitrogens with zero attached hydrogens (tertiary/aromatic N) is 1. The third-order valence-corrected chi connectivity index (χ3v) is 10.7. The zero-order chi connectivity index (χ0) is 22.7. The lowest BCUT2D eigenvalue weighted by molar-refractivity contribution is -0.133. The number of likely N-dealkylation sites (N-methyl/N-ethyl adjacent to an activating group) is 1. The first kappa shape index (κ1) is 24.2. The minimum atomic E-state index is -2.02. The minimum absolute atomic E-state index is 0.0387. The Hall–Kier alpha value is -2.11. The van der Waals surface area contributed by atoms with Crippen molar-refractivity contribution in [1.29, 1.82) is 0 Å². The molecule has 164 valence electrons. The van der Waals surface area contributed by atoms with E-state index >= 15 is 0 Å². The molecule has 2 rings (SSSR count). The van der Waals surface area contributed by atoms with Gasteiger partial charge in [0.25, 0.3) is 0 Å². The van der Waals surface area contributed by atoms with Gasteiger partial charge >= 0.3 is 0 Å². The number of hydrogen-bond donors (Lipinski definition) is 1. The van der Waals surface area contributed by atoms with E-state index in [0.29, 0.717) is 0 Å². The number of hydrogen-bond acceptors (Lipinski definition) is 3. The summed E-state index contributed by atoms with van der Waals surface area (Å²) >= 11 is 0. The molecule has 1 amide bonds. The lowest BCUT2D eigenvalue weighted by Gasteiger charge is -2.37. The molecule has 0 aliphatic carbocycles. The van der Waals surface area contributed by atoms with Crippen molar-refractivity contribution in [1.82, 2.24) is 4.90 Å². The van der Waals surface area contributed by atoms with Crippen LogP contribution in [0.5, 0.6) is 5.75 Å². The van der Waals surface area contributed by atoms with Crippen LogP contribution < -0.4 is 4.43 Å². The summed E-state index contributed by atoms with van der Waals surface area (Å²) in [7, 11) is -0.268. The maximum Gasteiger partial charge on any atom is 0.250 e. The third-order valence-electron chi connectivity index (χ3n) is 6.33. The first-order chi connectivity index (χ1) is 13.8. The fourth-order valence-corrected chi connectivity index (χ4v) is 4.08. The Labute approximate surface area is 183 Å². The Bertz CT molecular complexity index is 858. The molecular weight excluding hydrogens is 390 g/mol. The highest BCUT2D eigenvalue weighted by atomic mass is 28.4. The Morgan fingerprint density at radius 2 is 1.73 bits per heavy atom. The number of carbonyl (C=O) groups is 1. The summed E-state index contributed by atoms with van der Waals surface area (Å²) in [4.78, 5) is 14.7. The molecular formula is C25H37NO3Si. The first-order valence-corrected chi connectivity index (χ1v) is 13.5. The van der Waals surface area contributed by atoms with E-state index < -0.39 is 14.4 Å². The standard InChI is InChI=1S/C25H37NO3Si/c1-18-14-15-22(29-30(7,8)25(3,4)5)21(16-18)17-23(27)26(6)19(2)24(28)20-12-10-9-11-13-20/h9-16,19,24,28H,17H2,1-8H3/t19-,24+/m0/s1. The minimum Gasteiger partial charge on any atom is -0.543 e. The van der Waals surface area contributed by atoms with E-state index in [1.807, 2.05) is 62.4 Å². The van der Waals surface area contributed by atoms with Crippen LogP contribution in [-0.2, 0) is 11.2 Å². The van der Waals surface area contributed by atoms with Crippen molar-refractivity contribution < 1.29 is 14.3 Å². The van der Waals surface area contributed by atoms with Crippen molar-refractivity contribution >= 4 is 14.2 Å². The van der Waals surface area contributed by atoms with Gasteiger partial charge in [-0.3, -0.25) is 4.79 Å². The van der Waals surface area contributed by atoms with Crippen LogP contribution in [-0.4, -0.2) is 37.3 Å². The molecule has 4 nitrogen and oxygen atoms in total. The predicted molar refractivity (Wildman–Crippen MR) is 126 cm³/mol. The normalized spacial score (nSPS) is 14.2. The van der Waals surface area contributed by atoms with E-state index in [4.69, 9.17) is 4.43 Å². The number of benzene rings is 2. The highest BCUT2D eigenvalue weighted by Gasteiger charge is 2.39. The molecule has 0 radical (unpaired) electrons. The van der Waals surface area contributed by atoms with Crippen LogP contribution in [0.15, 0.2) is 48.5 Å². The van der Waals surface area contributed by atoms with Gasteiger partial charge in [0.05, 0.1) is 18.6 Å². The van der Waals surface area contributed by atoms with Crippen molar-refractivity contribution in [2.24, 2.45) is 0 Å². The van der Waals surface area contributed by atoms with Gasteiger partial charge < -0.3 is 14.4 Å². The zero-order valence-corrected chi connectivity index (χ0v) is 20.7. The van der Waals surface area contributed by atoms with Crippen molar-refractivity contribution in [3.8, 4) is 5.75 Å². The SMILES string of the molecule is Cc1ccc(O[Si](C)(C)C(C)(C)C)c(CC(=O)N(C)[C@@H](C)[C@@H](O)c2ccccc2)c1. The smallest absolute Gasteiger partial charge is 0.250 e. The second-order valence-electron chi connectivity index (χ2n) is 9.75. The predicted octanol–water partition coefficient (Wildman–Crippen LogP) is 5.50. The molecule has 0 unspecified atom stereocenters. The molecule has 0 saturated heterocycles. The number of carbonyl (C=O) groups excluding carboxylic acids is 1. The highest BCUT2D eigenvalue weighted by molar-refractivity contribution is 6.74. The van der Waals surface area contributed by atoms with Crippen LogP contribution in [0.2, 0.25) is 18.1 Å². The van der Waals surface area contributed by atoms with E-state index in [-0.39, 0.29) is 23.4 Å². The average molecular weight is 428 g/mol. The van der Waals surface area contributed by atoms with Gasteiger partial charge in [0.2, 0.25) is 14.2 Å². The van der Waals surface area contributed by atoms with E-state index in [2.05, 4.69) is 33.9 Å². The number of aliphatic hydroxyl groups is 1. The van der Waals surface area contributed by atoms with Crippen LogP contribution >= 0.6 is 0 Å². The van der Waals surface area contributed by atoms with Gasteiger partial charge in [-0.15, -0.1) is 0 Å². The first-order valence-electron chi connectivity index (χ1n) is 10.6. The Morgan fingerprint density at radius 1 is 1.13 bits per heavy atom. The zero-order valence-electron chi connectivity index (χ0n) is 19.7. The molecule has 0 bridgehead atoms. The molecule has 0 saturated carbocycles. The summed E-state index contributed by atoms with van der Waals surface area (Å²) < 4.78 is 6.53. The van der Waals surface area contributed by atoms with Crippen molar-refractivity contribution in [3.05, 3.63) is 65.2 Å². The quantitative estimate of drug-likeness (QED) is 0.593. The van der Waals surface area contributed by atoms with Gasteiger partial charge in [0.1, 0.15) is 5.75 Å². The Morgan fingerprint density at radius 3 is 2.30 bits per heavy atom. The maximum atomic E-state index is 13.1.